The lowest BCUT2D eigenvalue weighted by molar-refractivity contribution is -0.117. The van der Waals surface area contributed by atoms with E-state index in [1.807, 2.05) is 42.5 Å². The van der Waals surface area contributed by atoms with Gasteiger partial charge in [0.2, 0.25) is 0 Å². The van der Waals surface area contributed by atoms with Crippen molar-refractivity contribution in [3.05, 3.63) is 77.9 Å². The normalized spacial score (nSPS) is 10.6. The molecule has 0 radical (unpaired) electrons. The third kappa shape index (κ3) is 3.34. The molecule has 0 spiro atoms. The van der Waals surface area contributed by atoms with E-state index in [1.54, 1.807) is 7.11 Å². The Morgan fingerprint density at radius 2 is 1.45 bits per heavy atom. The van der Waals surface area contributed by atoms with Gasteiger partial charge in [-0.05, 0) is 34.0 Å². The third-order valence-electron chi connectivity index (χ3n) is 3.78. The second kappa shape index (κ2) is 6.44. The average Bonchev–Trinajstić information content (AvgIpc) is 2.55. The summed E-state index contributed by atoms with van der Waals surface area (Å²) in [5.41, 5.74) is 2.09. The van der Waals surface area contributed by atoms with Crippen LogP contribution in [0.2, 0.25) is 0 Å². The molecule has 3 aromatic rings. The molecule has 0 fully saturated rings. The highest BCUT2D eigenvalue weighted by Gasteiger charge is 2.06. The van der Waals surface area contributed by atoms with Crippen molar-refractivity contribution in [1.29, 1.82) is 0 Å². The van der Waals surface area contributed by atoms with Crippen molar-refractivity contribution in [2.24, 2.45) is 0 Å². The van der Waals surface area contributed by atoms with Gasteiger partial charge < -0.3 is 4.74 Å². The molecule has 0 aliphatic rings. The Bertz CT molecular complexity index is 788. The minimum Gasteiger partial charge on any atom is -0.497 e. The lowest BCUT2D eigenvalue weighted by Crippen LogP contribution is -2.06. The Hall–Kier alpha value is -2.61. The van der Waals surface area contributed by atoms with Gasteiger partial charge in [0.15, 0.2) is 0 Å². The van der Waals surface area contributed by atoms with Gasteiger partial charge in [-0.15, -0.1) is 0 Å². The number of hydrogen-bond acceptors (Lipinski definition) is 2. The molecule has 22 heavy (non-hydrogen) atoms. The van der Waals surface area contributed by atoms with E-state index in [1.165, 1.54) is 10.8 Å². The van der Waals surface area contributed by atoms with Crippen LogP contribution in [0.3, 0.4) is 0 Å². The van der Waals surface area contributed by atoms with Crippen LogP contribution in [0.5, 0.6) is 5.75 Å². The van der Waals surface area contributed by atoms with Crippen LogP contribution < -0.4 is 4.74 Å². The highest BCUT2D eigenvalue weighted by atomic mass is 16.5. The van der Waals surface area contributed by atoms with Crippen molar-refractivity contribution in [2.75, 3.05) is 7.11 Å². The fraction of sp³-hybridized carbons (Fsp3) is 0.150. The third-order valence-corrected chi connectivity index (χ3v) is 3.78. The number of carbonyl (C=O) groups is 1. The zero-order valence-corrected chi connectivity index (χ0v) is 12.6. The maximum Gasteiger partial charge on any atom is 0.141 e. The first kappa shape index (κ1) is 14.3. The van der Waals surface area contributed by atoms with Crippen molar-refractivity contribution >= 4 is 16.6 Å². The predicted octanol–water partition coefficient (Wildman–Crippen LogP) is 4.20. The topological polar surface area (TPSA) is 26.3 Å². The minimum absolute atomic E-state index is 0.223. The molecule has 0 atom stereocenters. The molecular weight excluding hydrogens is 272 g/mol. The Kier molecular flexibility index (Phi) is 4.19. The number of carbonyl (C=O) groups excluding carboxylic acids is 1. The van der Waals surface area contributed by atoms with Crippen LogP contribution >= 0.6 is 0 Å². The van der Waals surface area contributed by atoms with Crippen LogP contribution in [0.25, 0.3) is 10.8 Å². The summed E-state index contributed by atoms with van der Waals surface area (Å²) in [5.74, 6) is 1.03. The quantitative estimate of drug-likeness (QED) is 0.704. The van der Waals surface area contributed by atoms with Crippen LogP contribution in [0.1, 0.15) is 11.1 Å². The molecule has 3 rings (SSSR count). The zero-order valence-electron chi connectivity index (χ0n) is 12.6. The van der Waals surface area contributed by atoms with Crippen molar-refractivity contribution in [1.82, 2.24) is 0 Å². The number of ether oxygens (including phenoxy) is 1. The van der Waals surface area contributed by atoms with Gasteiger partial charge in [-0.25, -0.2) is 0 Å². The fourth-order valence-electron chi connectivity index (χ4n) is 2.61. The first-order chi connectivity index (χ1) is 10.7. The van der Waals surface area contributed by atoms with Crippen LogP contribution in [-0.4, -0.2) is 12.9 Å². The number of Topliss-reactive ketones (excluding diaryl/α,β-unsaturated/α-hetero) is 1. The van der Waals surface area contributed by atoms with Gasteiger partial charge in [0.1, 0.15) is 11.5 Å². The Labute approximate surface area is 130 Å². The lowest BCUT2D eigenvalue weighted by Gasteiger charge is -2.05. The van der Waals surface area contributed by atoms with E-state index in [9.17, 15) is 4.79 Å². The molecule has 0 aliphatic carbocycles. The van der Waals surface area contributed by atoms with E-state index in [-0.39, 0.29) is 5.78 Å². The van der Waals surface area contributed by atoms with Gasteiger partial charge in [-0.3, -0.25) is 4.79 Å². The van der Waals surface area contributed by atoms with E-state index in [0.717, 1.165) is 16.9 Å². The number of ketones is 1. The van der Waals surface area contributed by atoms with Gasteiger partial charge in [0, 0.05) is 12.8 Å². The van der Waals surface area contributed by atoms with Gasteiger partial charge >= 0.3 is 0 Å². The molecule has 0 aromatic heterocycles. The summed E-state index contributed by atoms with van der Waals surface area (Å²) in [5, 5.41) is 2.38. The summed E-state index contributed by atoms with van der Waals surface area (Å²) in [6.07, 6.45) is 0.924. The summed E-state index contributed by atoms with van der Waals surface area (Å²) in [6.45, 7) is 0. The molecular formula is C20H18O2. The van der Waals surface area contributed by atoms with Gasteiger partial charge in [0.25, 0.3) is 0 Å². The predicted molar refractivity (Wildman–Crippen MR) is 89.4 cm³/mol. The van der Waals surface area contributed by atoms with E-state index < -0.39 is 0 Å². The van der Waals surface area contributed by atoms with Crippen LogP contribution in [0.4, 0.5) is 0 Å². The van der Waals surface area contributed by atoms with Gasteiger partial charge in [-0.1, -0.05) is 54.6 Å². The SMILES string of the molecule is COc1ccc(CC(=O)Cc2ccc3ccccc3c2)cc1. The summed E-state index contributed by atoms with van der Waals surface area (Å²) >= 11 is 0. The van der Waals surface area contributed by atoms with E-state index in [0.29, 0.717) is 12.8 Å². The number of methoxy groups -OCH3 is 1. The van der Waals surface area contributed by atoms with E-state index in [4.69, 9.17) is 4.74 Å². The Morgan fingerprint density at radius 3 is 2.18 bits per heavy atom. The molecule has 0 aliphatic heterocycles. The fourth-order valence-corrected chi connectivity index (χ4v) is 2.61. The second-order valence-electron chi connectivity index (χ2n) is 5.42. The molecule has 0 heterocycles. The maximum atomic E-state index is 12.2. The van der Waals surface area contributed by atoms with Crippen molar-refractivity contribution < 1.29 is 9.53 Å². The van der Waals surface area contributed by atoms with Gasteiger partial charge in [0.05, 0.1) is 7.11 Å². The summed E-state index contributed by atoms with van der Waals surface area (Å²) in [6, 6.07) is 22.1. The van der Waals surface area contributed by atoms with E-state index in [2.05, 4.69) is 24.3 Å². The zero-order chi connectivity index (χ0) is 15.4. The largest absolute Gasteiger partial charge is 0.497 e. The molecule has 0 saturated carbocycles. The lowest BCUT2D eigenvalue weighted by atomic mass is 10.0. The molecule has 2 heteroatoms. The minimum atomic E-state index is 0.223. The first-order valence-electron chi connectivity index (χ1n) is 7.37. The molecule has 0 amide bonds. The highest BCUT2D eigenvalue weighted by Crippen LogP contribution is 2.17. The summed E-state index contributed by atoms with van der Waals surface area (Å²) in [7, 11) is 1.64. The Balaban J connectivity index is 1.69. The molecule has 0 unspecified atom stereocenters. The average molecular weight is 290 g/mol. The second-order valence-corrected chi connectivity index (χ2v) is 5.42. The van der Waals surface area contributed by atoms with E-state index >= 15 is 0 Å². The molecule has 3 aromatic carbocycles. The summed E-state index contributed by atoms with van der Waals surface area (Å²) < 4.78 is 5.13. The monoisotopic (exact) mass is 290 g/mol. The van der Waals surface area contributed by atoms with Crippen LogP contribution in [0.15, 0.2) is 66.7 Å². The van der Waals surface area contributed by atoms with Crippen molar-refractivity contribution in [3.8, 4) is 5.75 Å². The Morgan fingerprint density at radius 1 is 0.818 bits per heavy atom. The number of hydrogen-bond donors (Lipinski definition) is 0. The molecule has 0 N–H and O–H groups in total. The van der Waals surface area contributed by atoms with Crippen molar-refractivity contribution in [3.63, 3.8) is 0 Å². The molecule has 110 valence electrons. The van der Waals surface area contributed by atoms with Crippen molar-refractivity contribution in [2.45, 2.75) is 12.8 Å². The molecule has 2 nitrogen and oxygen atoms in total. The van der Waals surface area contributed by atoms with Crippen LogP contribution in [0, 0.1) is 0 Å². The number of fused-ring (bicyclic) bond motifs is 1. The van der Waals surface area contributed by atoms with Gasteiger partial charge in [-0.2, -0.15) is 0 Å². The highest BCUT2D eigenvalue weighted by molar-refractivity contribution is 5.87. The van der Waals surface area contributed by atoms with Crippen LogP contribution in [-0.2, 0) is 17.6 Å². The smallest absolute Gasteiger partial charge is 0.141 e. The number of benzene rings is 3. The number of rotatable bonds is 5. The molecule has 0 bridgehead atoms. The first-order valence-corrected chi connectivity index (χ1v) is 7.37. The standard InChI is InChI=1S/C20H18O2/c1-22-20-10-7-15(8-11-20)13-19(21)14-16-6-9-17-4-2-3-5-18(17)12-16/h2-12H,13-14H2,1H3. The maximum absolute atomic E-state index is 12.2. The molecule has 0 saturated heterocycles. The summed E-state index contributed by atoms with van der Waals surface area (Å²) in [4.78, 5) is 12.2.